The van der Waals surface area contributed by atoms with Gasteiger partial charge in [0.2, 0.25) is 5.91 Å². The smallest absolute Gasteiger partial charge is 0.227 e. The molecule has 5 heteroatoms. The van der Waals surface area contributed by atoms with Gasteiger partial charge in [-0.15, -0.1) is 0 Å². The molecule has 5 nitrogen and oxygen atoms in total. The summed E-state index contributed by atoms with van der Waals surface area (Å²) in [7, 11) is 1.93. The highest BCUT2D eigenvalue weighted by atomic mass is 16.1. The molecule has 1 aromatic heterocycles. The summed E-state index contributed by atoms with van der Waals surface area (Å²) in [6.45, 7) is 2.88. The molecule has 1 heterocycles. The number of nitrogens with zero attached hydrogens (tertiary/aromatic N) is 2. The lowest BCUT2D eigenvalue weighted by Crippen LogP contribution is -2.24. The van der Waals surface area contributed by atoms with Gasteiger partial charge in [0.1, 0.15) is 0 Å². The van der Waals surface area contributed by atoms with Crippen LogP contribution in [0.4, 0.5) is 5.69 Å². The predicted molar refractivity (Wildman–Crippen MR) is 100 cm³/mol. The summed E-state index contributed by atoms with van der Waals surface area (Å²) in [6, 6.07) is 8.34. The van der Waals surface area contributed by atoms with Crippen molar-refractivity contribution < 1.29 is 4.79 Å². The van der Waals surface area contributed by atoms with Crippen LogP contribution < -0.4 is 10.6 Å². The molecule has 1 saturated carbocycles. The van der Waals surface area contributed by atoms with Crippen molar-refractivity contribution >= 4 is 11.6 Å². The Morgan fingerprint density at radius 2 is 2.12 bits per heavy atom. The molecule has 1 aliphatic carbocycles. The molecule has 0 unspecified atom stereocenters. The third-order valence-corrected chi connectivity index (χ3v) is 5.01. The summed E-state index contributed by atoms with van der Waals surface area (Å²) in [6.07, 6.45) is 9.57. The zero-order chi connectivity index (χ0) is 17.6. The number of rotatable bonds is 6. The van der Waals surface area contributed by atoms with E-state index in [0.29, 0.717) is 0 Å². The van der Waals surface area contributed by atoms with Crippen molar-refractivity contribution in [2.24, 2.45) is 13.0 Å². The van der Waals surface area contributed by atoms with Gasteiger partial charge >= 0.3 is 0 Å². The van der Waals surface area contributed by atoms with Crippen molar-refractivity contribution in [2.45, 2.75) is 51.6 Å². The second-order valence-corrected chi connectivity index (χ2v) is 7.07. The average molecular weight is 340 g/mol. The maximum Gasteiger partial charge on any atom is 0.227 e. The summed E-state index contributed by atoms with van der Waals surface area (Å²) in [5, 5.41) is 10.8. The molecule has 134 valence electrons. The number of aryl methyl sites for hydroxylation is 1. The van der Waals surface area contributed by atoms with E-state index in [4.69, 9.17) is 0 Å². The van der Waals surface area contributed by atoms with Crippen LogP contribution in [-0.2, 0) is 18.4 Å². The van der Waals surface area contributed by atoms with Crippen LogP contribution in [0.2, 0.25) is 0 Å². The van der Waals surface area contributed by atoms with Crippen LogP contribution in [0.25, 0.3) is 0 Å². The van der Waals surface area contributed by atoms with E-state index in [9.17, 15) is 4.79 Å². The molecular formula is C20H28N4O. The molecule has 0 saturated heterocycles. The molecule has 25 heavy (non-hydrogen) atoms. The number of nitrogens with one attached hydrogen (secondary N) is 2. The number of aromatic nitrogens is 2. The number of amides is 1. The fourth-order valence-corrected chi connectivity index (χ4v) is 3.42. The first kappa shape index (κ1) is 17.7. The molecule has 0 radical (unpaired) electrons. The monoisotopic (exact) mass is 340 g/mol. The Labute approximate surface area is 149 Å². The van der Waals surface area contributed by atoms with Gasteiger partial charge in [0.25, 0.3) is 0 Å². The van der Waals surface area contributed by atoms with Gasteiger partial charge in [0.05, 0.1) is 6.20 Å². The summed E-state index contributed by atoms with van der Waals surface area (Å²) in [5.74, 6) is 0.356. The normalized spacial score (nSPS) is 16.6. The minimum Gasteiger partial charge on any atom is -0.326 e. The summed E-state index contributed by atoms with van der Waals surface area (Å²) in [5.41, 5.74) is 3.23. The molecule has 2 aromatic rings. The third kappa shape index (κ3) is 4.92. The fraction of sp³-hybridized carbons (Fsp3) is 0.500. The number of carbonyl (C=O) groups excluding carboxylic acids is 1. The van der Waals surface area contributed by atoms with Crippen molar-refractivity contribution in [3.05, 3.63) is 47.8 Å². The lowest BCUT2D eigenvalue weighted by molar-refractivity contribution is -0.120. The summed E-state index contributed by atoms with van der Waals surface area (Å²) in [4.78, 5) is 12.4. The Bertz CT molecular complexity index is 703. The first-order valence-corrected chi connectivity index (χ1v) is 9.23. The van der Waals surface area contributed by atoms with E-state index in [2.05, 4.69) is 34.8 Å². The largest absolute Gasteiger partial charge is 0.326 e. The van der Waals surface area contributed by atoms with Gasteiger partial charge in [-0.2, -0.15) is 5.10 Å². The molecule has 0 spiro atoms. The molecule has 1 amide bonds. The summed E-state index contributed by atoms with van der Waals surface area (Å²) < 4.78 is 1.81. The van der Waals surface area contributed by atoms with Crippen molar-refractivity contribution in [1.29, 1.82) is 0 Å². The number of anilines is 1. The van der Waals surface area contributed by atoms with Crippen LogP contribution in [0.1, 0.15) is 56.2 Å². The molecular weight excluding hydrogens is 312 g/mol. The Morgan fingerprint density at radius 1 is 1.32 bits per heavy atom. The Hall–Kier alpha value is -2.14. The molecule has 2 N–H and O–H groups in total. The van der Waals surface area contributed by atoms with Crippen molar-refractivity contribution in [1.82, 2.24) is 15.1 Å². The van der Waals surface area contributed by atoms with Gasteiger partial charge in [-0.3, -0.25) is 9.48 Å². The first-order chi connectivity index (χ1) is 12.1. The van der Waals surface area contributed by atoms with E-state index in [1.165, 1.54) is 24.8 Å². The van der Waals surface area contributed by atoms with Crippen LogP contribution in [0.3, 0.4) is 0 Å². The number of carbonyl (C=O) groups is 1. The van der Waals surface area contributed by atoms with Gasteiger partial charge in [-0.05, 0) is 37.5 Å². The van der Waals surface area contributed by atoms with Crippen LogP contribution in [0.15, 0.2) is 36.7 Å². The zero-order valence-electron chi connectivity index (χ0n) is 15.2. The average Bonchev–Trinajstić information content (AvgIpc) is 3.07. The second-order valence-electron chi connectivity index (χ2n) is 7.07. The van der Waals surface area contributed by atoms with Crippen molar-refractivity contribution in [2.75, 3.05) is 5.32 Å². The number of hydrogen-bond donors (Lipinski definition) is 2. The zero-order valence-corrected chi connectivity index (χ0v) is 15.2. The van der Waals surface area contributed by atoms with Crippen LogP contribution in [0, 0.1) is 5.92 Å². The minimum atomic E-state index is 0.175. The lowest BCUT2D eigenvalue weighted by atomic mass is 9.88. The molecule has 1 aliphatic rings. The minimum absolute atomic E-state index is 0.175. The topological polar surface area (TPSA) is 58.9 Å². The molecule has 3 rings (SSSR count). The quantitative estimate of drug-likeness (QED) is 0.841. The fourth-order valence-electron chi connectivity index (χ4n) is 3.42. The lowest BCUT2D eigenvalue weighted by Gasteiger charge is -2.21. The standard InChI is InChI=1S/C20H28N4O/c1-15(18-13-22-24(2)14-18)21-12-16-7-6-10-19(11-16)23-20(25)17-8-4-3-5-9-17/h6-7,10-11,13-15,17,21H,3-5,8-9,12H2,1-2H3,(H,23,25)/t15-/m1/s1. The van der Waals surface area contributed by atoms with Gasteiger partial charge in [-0.1, -0.05) is 31.4 Å². The predicted octanol–water partition coefficient (Wildman–Crippen LogP) is 3.79. The maximum absolute atomic E-state index is 12.4. The van der Waals surface area contributed by atoms with Crippen LogP contribution in [-0.4, -0.2) is 15.7 Å². The molecule has 0 aliphatic heterocycles. The molecule has 1 atom stereocenters. The number of hydrogen-bond acceptors (Lipinski definition) is 3. The first-order valence-electron chi connectivity index (χ1n) is 9.23. The Morgan fingerprint density at radius 3 is 2.84 bits per heavy atom. The molecule has 1 fully saturated rings. The van der Waals surface area contributed by atoms with Crippen molar-refractivity contribution in [3.63, 3.8) is 0 Å². The third-order valence-electron chi connectivity index (χ3n) is 5.01. The van der Waals surface area contributed by atoms with Crippen molar-refractivity contribution in [3.8, 4) is 0 Å². The van der Waals surface area contributed by atoms with E-state index in [1.807, 2.05) is 36.3 Å². The van der Waals surface area contributed by atoms with Gasteiger partial charge in [0, 0.05) is 43.0 Å². The Balaban J connectivity index is 1.54. The van der Waals surface area contributed by atoms with E-state index < -0.39 is 0 Å². The highest BCUT2D eigenvalue weighted by molar-refractivity contribution is 5.92. The van der Waals surface area contributed by atoms with E-state index in [1.54, 1.807) is 0 Å². The van der Waals surface area contributed by atoms with E-state index >= 15 is 0 Å². The maximum atomic E-state index is 12.4. The number of benzene rings is 1. The van der Waals surface area contributed by atoms with Crippen LogP contribution in [0.5, 0.6) is 0 Å². The van der Waals surface area contributed by atoms with E-state index in [-0.39, 0.29) is 17.9 Å². The van der Waals surface area contributed by atoms with Gasteiger partial charge < -0.3 is 10.6 Å². The Kier molecular flexibility index (Phi) is 5.87. The van der Waals surface area contributed by atoms with Crippen LogP contribution >= 0.6 is 0 Å². The van der Waals surface area contributed by atoms with E-state index in [0.717, 1.165) is 30.6 Å². The molecule has 1 aromatic carbocycles. The SMILES string of the molecule is C[C@@H](NCc1cccc(NC(=O)C2CCCCC2)c1)c1cnn(C)c1. The van der Waals surface area contributed by atoms with Gasteiger partial charge in [-0.25, -0.2) is 0 Å². The molecule has 0 bridgehead atoms. The highest BCUT2D eigenvalue weighted by Gasteiger charge is 2.21. The second kappa shape index (κ2) is 8.30. The summed E-state index contributed by atoms with van der Waals surface area (Å²) >= 11 is 0. The van der Waals surface area contributed by atoms with Gasteiger partial charge in [0.15, 0.2) is 0 Å². The highest BCUT2D eigenvalue weighted by Crippen LogP contribution is 2.25.